The molecule has 0 aliphatic carbocycles. The van der Waals surface area contributed by atoms with Crippen LogP contribution in [0.1, 0.15) is 22.3 Å². The highest BCUT2D eigenvalue weighted by Crippen LogP contribution is 2.37. The number of benzene rings is 4. The first-order valence-corrected chi connectivity index (χ1v) is 11.3. The van der Waals surface area contributed by atoms with E-state index in [1.807, 2.05) is 0 Å². The van der Waals surface area contributed by atoms with Crippen LogP contribution in [0.15, 0.2) is 121 Å². The highest BCUT2D eigenvalue weighted by atomic mass is 15.3. The molecule has 0 spiro atoms. The Morgan fingerprint density at radius 1 is 0.406 bits per heavy atom. The van der Waals surface area contributed by atoms with E-state index < -0.39 is 0 Å². The van der Waals surface area contributed by atoms with Crippen LogP contribution in [0.4, 0.5) is 0 Å². The van der Waals surface area contributed by atoms with E-state index in [9.17, 15) is 0 Å². The quantitative estimate of drug-likeness (QED) is 0.352. The third kappa shape index (κ3) is 4.45. The average Bonchev–Trinajstić information content (AvgIpc) is 2.87. The summed E-state index contributed by atoms with van der Waals surface area (Å²) in [6.07, 6.45) is 0. The molecule has 2 nitrogen and oxygen atoms in total. The van der Waals surface area contributed by atoms with Crippen molar-refractivity contribution in [3.63, 3.8) is 0 Å². The largest absolute Gasteiger partial charge is 0.363 e. The van der Waals surface area contributed by atoms with E-state index in [2.05, 4.69) is 131 Å². The number of rotatable bonds is 6. The van der Waals surface area contributed by atoms with Crippen molar-refractivity contribution in [1.29, 1.82) is 0 Å². The molecule has 158 valence electrons. The lowest BCUT2D eigenvalue weighted by Gasteiger charge is -2.41. The van der Waals surface area contributed by atoms with Gasteiger partial charge in [-0.3, -0.25) is 0 Å². The molecule has 5 rings (SSSR count). The third-order valence-electron chi connectivity index (χ3n) is 6.02. The lowest BCUT2D eigenvalue weighted by Crippen LogP contribution is -2.40. The van der Waals surface area contributed by atoms with Gasteiger partial charge in [-0.15, -0.1) is 0 Å². The van der Waals surface area contributed by atoms with Crippen LogP contribution in [0.3, 0.4) is 0 Å². The summed E-state index contributed by atoms with van der Waals surface area (Å²) in [5.41, 5.74) is 7.82. The Morgan fingerprint density at radius 3 is 1.06 bits per heavy atom. The Bertz CT molecular complexity index is 1060. The highest BCUT2D eigenvalue weighted by molar-refractivity contribution is 5.89. The van der Waals surface area contributed by atoms with Crippen molar-refractivity contribution >= 4 is 11.4 Å². The fraction of sp³-hybridized carbons (Fsp3) is 0.133. The zero-order chi connectivity index (χ0) is 21.6. The van der Waals surface area contributed by atoms with Crippen molar-refractivity contribution in [2.24, 2.45) is 0 Å². The second-order valence-corrected chi connectivity index (χ2v) is 8.24. The Balaban J connectivity index is 1.64. The summed E-state index contributed by atoms with van der Waals surface area (Å²) in [5.74, 6) is 0. The van der Waals surface area contributed by atoms with E-state index in [0.717, 1.165) is 26.2 Å². The molecule has 0 saturated carbocycles. The minimum Gasteiger partial charge on any atom is -0.363 e. The first kappa shape index (κ1) is 20.1. The molecule has 0 saturated heterocycles. The smallest absolute Gasteiger partial charge is 0.0687 e. The first-order chi connectivity index (χ1) is 15.9. The molecule has 2 heteroatoms. The molecule has 4 aromatic rings. The molecule has 1 aliphatic heterocycles. The van der Waals surface area contributed by atoms with Crippen LogP contribution in [0.2, 0.25) is 0 Å². The topological polar surface area (TPSA) is 6.48 Å². The maximum absolute atomic E-state index is 2.55. The normalized spacial score (nSPS) is 14.0. The van der Waals surface area contributed by atoms with Crippen LogP contribution in [0.5, 0.6) is 0 Å². The van der Waals surface area contributed by atoms with Gasteiger partial charge in [-0.25, -0.2) is 0 Å². The SMILES string of the molecule is c1ccc(CN2CCN(Cc3ccccc3)C(c3ccccc3)=C2c2ccccc2)cc1. The Hall–Kier alpha value is -3.78. The highest BCUT2D eigenvalue weighted by Gasteiger charge is 2.28. The average molecular weight is 417 g/mol. The molecule has 0 unspecified atom stereocenters. The lowest BCUT2D eigenvalue weighted by molar-refractivity contribution is 0.281. The standard InChI is InChI=1S/C30H28N2/c1-5-13-25(14-6-1)23-31-21-22-32(24-26-15-7-2-8-16-26)30(28-19-11-4-12-20-28)29(31)27-17-9-3-10-18-27/h1-20H,21-24H2. The fourth-order valence-corrected chi connectivity index (χ4v) is 4.52. The van der Waals surface area contributed by atoms with Crippen molar-refractivity contribution in [1.82, 2.24) is 9.80 Å². The second kappa shape index (κ2) is 9.57. The Morgan fingerprint density at radius 2 is 0.719 bits per heavy atom. The van der Waals surface area contributed by atoms with Crippen LogP contribution in [0, 0.1) is 0 Å². The van der Waals surface area contributed by atoms with Gasteiger partial charge >= 0.3 is 0 Å². The molecular formula is C30H28N2. The molecule has 1 heterocycles. The minimum atomic E-state index is 0.903. The van der Waals surface area contributed by atoms with E-state index in [4.69, 9.17) is 0 Å². The van der Waals surface area contributed by atoms with Crippen molar-refractivity contribution < 1.29 is 0 Å². The summed E-state index contributed by atoms with van der Waals surface area (Å²) >= 11 is 0. The Kier molecular flexibility index (Phi) is 6.02. The molecule has 0 N–H and O–H groups in total. The molecule has 0 aromatic heterocycles. The molecule has 1 aliphatic rings. The van der Waals surface area contributed by atoms with Gasteiger partial charge in [0, 0.05) is 26.2 Å². The van der Waals surface area contributed by atoms with Crippen molar-refractivity contribution in [3.05, 3.63) is 144 Å². The second-order valence-electron chi connectivity index (χ2n) is 8.24. The molecular weight excluding hydrogens is 388 g/mol. The molecule has 0 atom stereocenters. The lowest BCUT2D eigenvalue weighted by atomic mass is 9.99. The van der Waals surface area contributed by atoms with Crippen LogP contribution >= 0.6 is 0 Å². The van der Waals surface area contributed by atoms with Gasteiger partial charge in [0.2, 0.25) is 0 Å². The van der Waals surface area contributed by atoms with Gasteiger partial charge in [0.15, 0.2) is 0 Å². The predicted octanol–water partition coefficient (Wildman–Crippen LogP) is 6.53. The maximum atomic E-state index is 2.55. The van der Waals surface area contributed by atoms with E-state index in [1.165, 1.54) is 33.6 Å². The molecule has 0 fully saturated rings. The summed E-state index contributed by atoms with van der Waals surface area (Å²) in [5, 5.41) is 0. The van der Waals surface area contributed by atoms with Crippen molar-refractivity contribution in [2.75, 3.05) is 13.1 Å². The van der Waals surface area contributed by atoms with Crippen molar-refractivity contribution in [2.45, 2.75) is 13.1 Å². The summed E-state index contributed by atoms with van der Waals surface area (Å²) in [6.45, 7) is 3.78. The van der Waals surface area contributed by atoms with E-state index >= 15 is 0 Å². The maximum Gasteiger partial charge on any atom is 0.0687 e. The summed E-state index contributed by atoms with van der Waals surface area (Å²) < 4.78 is 0. The van der Waals surface area contributed by atoms with Crippen LogP contribution in [-0.4, -0.2) is 22.9 Å². The zero-order valence-corrected chi connectivity index (χ0v) is 18.3. The number of hydrogen-bond acceptors (Lipinski definition) is 2. The number of nitrogens with zero attached hydrogens (tertiary/aromatic N) is 2. The van der Waals surface area contributed by atoms with Gasteiger partial charge in [0.1, 0.15) is 0 Å². The first-order valence-electron chi connectivity index (χ1n) is 11.3. The van der Waals surface area contributed by atoms with Crippen LogP contribution in [-0.2, 0) is 13.1 Å². The van der Waals surface area contributed by atoms with Gasteiger partial charge in [-0.1, -0.05) is 121 Å². The predicted molar refractivity (Wildman–Crippen MR) is 133 cm³/mol. The summed E-state index contributed by atoms with van der Waals surface area (Å²) in [4.78, 5) is 5.10. The summed E-state index contributed by atoms with van der Waals surface area (Å²) in [6, 6.07) is 43.3. The number of hydrogen-bond donors (Lipinski definition) is 0. The summed E-state index contributed by atoms with van der Waals surface area (Å²) in [7, 11) is 0. The van der Waals surface area contributed by atoms with Crippen molar-refractivity contribution in [3.8, 4) is 0 Å². The zero-order valence-electron chi connectivity index (χ0n) is 18.3. The van der Waals surface area contributed by atoms with E-state index in [1.54, 1.807) is 0 Å². The van der Waals surface area contributed by atoms with Gasteiger partial charge in [-0.05, 0) is 22.3 Å². The molecule has 32 heavy (non-hydrogen) atoms. The molecule has 0 bridgehead atoms. The van der Waals surface area contributed by atoms with E-state index in [-0.39, 0.29) is 0 Å². The van der Waals surface area contributed by atoms with E-state index in [0.29, 0.717) is 0 Å². The monoisotopic (exact) mass is 416 g/mol. The van der Waals surface area contributed by atoms with Gasteiger partial charge in [0.05, 0.1) is 11.4 Å². The van der Waals surface area contributed by atoms with Gasteiger partial charge in [-0.2, -0.15) is 0 Å². The minimum absolute atomic E-state index is 0.903. The van der Waals surface area contributed by atoms with Crippen LogP contribution in [0.25, 0.3) is 11.4 Å². The van der Waals surface area contributed by atoms with Gasteiger partial charge in [0.25, 0.3) is 0 Å². The molecule has 0 amide bonds. The Labute approximate surface area is 191 Å². The molecule has 0 radical (unpaired) electrons. The fourth-order valence-electron chi connectivity index (χ4n) is 4.52. The molecule has 4 aromatic carbocycles. The van der Waals surface area contributed by atoms with Gasteiger partial charge < -0.3 is 9.80 Å². The third-order valence-corrected chi connectivity index (χ3v) is 6.02. The van der Waals surface area contributed by atoms with Crippen LogP contribution < -0.4 is 0 Å².